The fourth-order valence-electron chi connectivity index (χ4n) is 0.464. The smallest absolute Gasteiger partial charge is 0.449 e. The summed E-state index contributed by atoms with van der Waals surface area (Å²) in [4.78, 5) is 17.0. The Labute approximate surface area is 66.6 Å². The summed E-state index contributed by atoms with van der Waals surface area (Å²) in [7, 11) is 0. The number of rotatable bonds is 1. The molecule has 0 spiro atoms. The molecule has 1 rings (SSSR count). The van der Waals surface area contributed by atoms with Gasteiger partial charge in [-0.15, -0.1) is 0 Å². The van der Waals surface area contributed by atoms with Crippen LogP contribution in [0.5, 0.6) is 5.88 Å². The van der Waals surface area contributed by atoms with Gasteiger partial charge in [-0.1, -0.05) is 11.6 Å². The molecule has 0 saturated heterocycles. The van der Waals surface area contributed by atoms with Crippen LogP contribution in [0.1, 0.15) is 0 Å². The molecule has 6 heteroatoms. The van der Waals surface area contributed by atoms with Crippen molar-refractivity contribution in [2.45, 2.75) is 0 Å². The first-order valence-corrected chi connectivity index (χ1v) is 2.94. The number of ether oxygens (including phenoxy) is 1. The van der Waals surface area contributed by atoms with E-state index < -0.39 is 6.16 Å². The van der Waals surface area contributed by atoms with Crippen LogP contribution >= 0.6 is 11.6 Å². The van der Waals surface area contributed by atoms with Crippen molar-refractivity contribution in [1.82, 2.24) is 9.97 Å². The molecule has 0 fully saturated rings. The summed E-state index contributed by atoms with van der Waals surface area (Å²) in [5.74, 6) is -0.134. The lowest BCUT2D eigenvalue weighted by molar-refractivity contribution is 0.142. The van der Waals surface area contributed by atoms with Crippen LogP contribution in [0, 0.1) is 0 Å². The zero-order valence-electron chi connectivity index (χ0n) is 5.19. The van der Waals surface area contributed by atoms with E-state index >= 15 is 0 Å². The number of aromatic nitrogens is 2. The summed E-state index contributed by atoms with van der Waals surface area (Å²) in [6.07, 6.45) is 0.984. The second-order valence-electron chi connectivity index (χ2n) is 1.55. The normalized spacial score (nSPS) is 9.18. The minimum Gasteiger partial charge on any atom is -0.449 e. The quantitative estimate of drug-likeness (QED) is 0.648. The predicted molar refractivity (Wildman–Crippen MR) is 35.7 cm³/mol. The van der Waals surface area contributed by atoms with Crippen molar-refractivity contribution >= 4 is 17.8 Å². The molecule has 0 radical (unpaired) electrons. The average Bonchev–Trinajstić information content (AvgIpc) is 1.85. The van der Waals surface area contributed by atoms with E-state index in [0.717, 1.165) is 6.20 Å². The fourth-order valence-corrected chi connectivity index (χ4v) is 0.604. The van der Waals surface area contributed by atoms with Gasteiger partial charge in [-0.05, 0) is 0 Å². The molecule has 1 N–H and O–H groups in total. The van der Waals surface area contributed by atoms with Crippen LogP contribution in [0.15, 0.2) is 12.4 Å². The van der Waals surface area contributed by atoms with E-state index in [0.29, 0.717) is 0 Å². The molecule has 0 aliphatic heterocycles. The Morgan fingerprint density at radius 2 is 2.36 bits per heavy atom. The lowest BCUT2D eigenvalue weighted by atomic mass is 10.7. The summed E-state index contributed by atoms with van der Waals surface area (Å²) in [6, 6.07) is 0. The highest BCUT2D eigenvalue weighted by Crippen LogP contribution is 2.08. The second kappa shape index (κ2) is 3.16. The van der Waals surface area contributed by atoms with E-state index in [1.54, 1.807) is 0 Å². The third-order valence-electron chi connectivity index (χ3n) is 0.775. The van der Waals surface area contributed by atoms with Crippen molar-refractivity contribution in [3.63, 3.8) is 0 Å². The highest BCUT2D eigenvalue weighted by molar-refractivity contribution is 6.29. The minimum absolute atomic E-state index is 0.0868. The molecule has 0 bridgehead atoms. The van der Waals surface area contributed by atoms with Gasteiger partial charge in [-0.25, -0.2) is 4.79 Å². The Hall–Kier alpha value is -1.36. The zero-order chi connectivity index (χ0) is 8.27. The molecule has 1 aromatic rings. The van der Waals surface area contributed by atoms with Crippen molar-refractivity contribution < 1.29 is 14.6 Å². The maximum Gasteiger partial charge on any atom is 0.512 e. The molecule has 11 heavy (non-hydrogen) atoms. The Balaban J connectivity index is 2.79. The molecule has 0 aliphatic rings. The molecule has 58 valence electrons. The third-order valence-corrected chi connectivity index (χ3v) is 0.957. The summed E-state index contributed by atoms with van der Waals surface area (Å²) >= 11 is 5.38. The topological polar surface area (TPSA) is 72.3 Å². The van der Waals surface area contributed by atoms with Gasteiger partial charge >= 0.3 is 6.16 Å². The lowest BCUT2D eigenvalue weighted by Gasteiger charge is -1.95. The standard InChI is InChI=1S/C5H3ClN2O3/c6-3-1-7-2-4(8-3)11-5(9)10/h1-2H,(H,9,10). The molecule has 0 saturated carbocycles. The molecule has 0 aliphatic carbocycles. The number of nitrogens with zero attached hydrogens (tertiary/aromatic N) is 2. The Bertz CT molecular complexity index is 278. The summed E-state index contributed by atoms with van der Waals surface area (Å²) < 4.78 is 4.15. The number of hydrogen-bond donors (Lipinski definition) is 1. The van der Waals surface area contributed by atoms with Crippen LogP contribution in [0.3, 0.4) is 0 Å². The number of carbonyl (C=O) groups is 1. The van der Waals surface area contributed by atoms with Gasteiger partial charge in [0.25, 0.3) is 0 Å². The van der Waals surface area contributed by atoms with Crippen LogP contribution in [-0.2, 0) is 0 Å². The Morgan fingerprint density at radius 1 is 1.64 bits per heavy atom. The first-order valence-electron chi connectivity index (χ1n) is 2.57. The van der Waals surface area contributed by atoms with Crippen LogP contribution in [-0.4, -0.2) is 21.2 Å². The van der Waals surface area contributed by atoms with Gasteiger partial charge < -0.3 is 9.84 Å². The molecule has 0 unspecified atom stereocenters. The fraction of sp³-hybridized carbons (Fsp3) is 0. The number of carboxylic acid groups (broad SMARTS) is 1. The van der Waals surface area contributed by atoms with Crippen molar-refractivity contribution in [3.05, 3.63) is 17.5 Å². The summed E-state index contributed by atoms with van der Waals surface area (Å²) in [5.41, 5.74) is 0. The van der Waals surface area contributed by atoms with E-state index in [-0.39, 0.29) is 11.0 Å². The molecule has 1 heterocycles. The van der Waals surface area contributed by atoms with E-state index in [1.165, 1.54) is 6.20 Å². The maximum absolute atomic E-state index is 9.95. The summed E-state index contributed by atoms with van der Waals surface area (Å²) in [6.45, 7) is 0. The Kier molecular flexibility index (Phi) is 2.22. The van der Waals surface area contributed by atoms with Gasteiger partial charge in [0.1, 0.15) is 0 Å². The van der Waals surface area contributed by atoms with Crippen molar-refractivity contribution in [1.29, 1.82) is 0 Å². The van der Waals surface area contributed by atoms with Crippen molar-refractivity contribution in [2.24, 2.45) is 0 Å². The second-order valence-corrected chi connectivity index (χ2v) is 1.94. The van der Waals surface area contributed by atoms with Crippen LogP contribution in [0.2, 0.25) is 5.15 Å². The predicted octanol–water partition coefficient (Wildman–Crippen LogP) is 1.19. The zero-order valence-corrected chi connectivity index (χ0v) is 5.95. The first kappa shape index (κ1) is 7.74. The molecule has 0 aromatic carbocycles. The Morgan fingerprint density at radius 3 is 2.91 bits per heavy atom. The molecule has 0 amide bonds. The lowest BCUT2D eigenvalue weighted by Crippen LogP contribution is -2.04. The monoisotopic (exact) mass is 174 g/mol. The molecular formula is C5H3ClN2O3. The van der Waals surface area contributed by atoms with Gasteiger partial charge in [0.15, 0.2) is 5.15 Å². The van der Waals surface area contributed by atoms with E-state index in [4.69, 9.17) is 16.7 Å². The van der Waals surface area contributed by atoms with Crippen molar-refractivity contribution in [3.8, 4) is 5.88 Å². The maximum atomic E-state index is 9.95. The van der Waals surface area contributed by atoms with Gasteiger partial charge in [0.2, 0.25) is 5.88 Å². The molecule has 0 atom stereocenters. The van der Waals surface area contributed by atoms with Crippen molar-refractivity contribution in [2.75, 3.05) is 0 Å². The van der Waals surface area contributed by atoms with E-state index in [9.17, 15) is 4.79 Å². The molecule has 1 aromatic heterocycles. The SMILES string of the molecule is O=C(O)Oc1cncc(Cl)n1. The average molecular weight is 175 g/mol. The van der Waals surface area contributed by atoms with Crippen LogP contribution < -0.4 is 4.74 Å². The van der Waals surface area contributed by atoms with Gasteiger partial charge in [0, 0.05) is 0 Å². The number of hydrogen-bond acceptors (Lipinski definition) is 4. The van der Waals surface area contributed by atoms with Crippen LogP contribution in [0.4, 0.5) is 4.79 Å². The largest absolute Gasteiger partial charge is 0.512 e. The van der Waals surface area contributed by atoms with Gasteiger partial charge in [-0.3, -0.25) is 4.98 Å². The van der Waals surface area contributed by atoms with Gasteiger partial charge in [0.05, 0.1) is 12.4 Å². The summed E-state index contributed by atoms with van der Waals surface area (Å²) in [5, 5.41) is 8.21. The first-order chi connectivity index (χ1) is 5.18. The third kappa shape index (κ3) is 2.38. The van der Waals surface area contributed by atoms with E-state index in [2.05, 4.69) is 14.7 Å². The van der Waals surface area contributed by atoms with E-state index in [1.807, 2.05) is 0 Å². The highest BCUT2D eigenvalue weighted by Gasteiger charge is 2.01. The molecule has 5 nitrogen and oxygen atoms in total. The van der Waals surface area contributed by atoms with Crippen LogP contribution in [0.25, 0.3) is 0 Å². The number of halogens is 1. The minimum atomic E-state index is -1.44. The molecular weight excluding hydrogens is 172 g/mol. The highest BCUT2D eigenvalue weighted by atomic mass is 35.5. The van der Waals surface area contributed by atoms with Gasteiger partial charge in [-0.2, -0.15) is 4.98 Å².